The molecule has 0 saturated carbocycles. The quantitative estimate of drug-likeness (QED) is 0.804. The molecule has 1 amide bonds. The summed E-state index contributed by atoms with van der Waals surface area (Å²) in [5.41, 5.74) is 3.53. The van der Waals surface area contributed by atoms with Crippen molar-refractivity contribution in [2.45, 2.75) is 13.0 Å². The number of hydrogen-bond donors (Lipinski definition) is 2. The van der Waals surface area contributed by atoms with Crippen LogP contribution in [0.25, 0.3) is 0 Å². The first-order valence-electron chi connectivity index (χ1n) is 6.92. The van der Waals surface area contributed by atoms with Gasteiger partial charge in [0, 0.05) is 11.4 Å². The minimum absolute atomic E-state index is 0.205. The number of thiophene rings is 1. The summed E-state index contributed by atoms with van der Waals surface area (Å²) in [4.78, 5) is 29.2. The number of aldehydes is 1. The Morgan fingerprint density at radius 3 is 3.13 bits per heavy atom. The molecule has 23 heavy (non-hydrogen) atoms. The zero-order chi connectivity index (χ0) is 16.4. The fourth-order valence-electron chi connectivity index (χ4n) is 2.29. The fraction of sp³-hybridized carbons (Fsp3) is 0.200. The van der Waals surface area contributed by atoms with Gasteiger partial charge in [0.1, 0.15) is 28.2 Å². The van der Waals surface area contributed by atoms with Crippen LogP contribution >= 0.6 is 11.3 Å². The summed E-state index contributed by atoms with van der Waals surface area (Å²) in [6, 6.07) is 5.38. The van der Waals surface area contributed by atoms with E-state index in [0.29, 0.717) is 29.2 Å². The van der Waals surface area contributed by atoms with Gasteiger partial charge in [0.05, 0.1) is 6.04 Å². The van der Waals surface area contributed by atoms with Gasteiger partial charge in [-0.3, -0.25) is 14.6 Å². The molecule has 116 valence electrons. The highest BCUT2D eigenvalue weighted by atomic mass is 32.1. The monoisotopic (exact) mass is 327 g/mol. The van der Waals surface area contributed by atoms with Gasteiger partial charge in [0.2, 0.25) is 0 Å². The second-order valence-electron chi connectivity index (χ2n) is 4.95. The summed E-state index contributed by atoms with van der Waals surface area (Å²) in [5, 5.41) is 13.3. The molecule has 0 radical (unpaired) electrons. The van der Waals surface area contributed by atoms with E-state index in [0.717, 1.165) is 4.88 Å². The molecule has 0 fully saturated rings. The van der Waals surface area contributed by atoms with Crippen LogP contribution in [0.3, 0.4) is 0 Å². The first-order chi connectivity index (χ1) is 11.1. The summed E-state index contributed by atoms with van der Waals surface area (Å²) in [7, 11) is 0. The summed E-state index contributed by atoms with van der Waals surface area (Å²) in [5.74, 6) is 0.217. The van der Waals surface area contributed by atoms with E-state index in [9.17, 15) is 9.59 Å². The van der Waals surface area contributed by atoms with Crippen molar-refractivity contribution in [1.29, 1.82) is 5.26 Å². The maximum atomic E-state index is 12.5. The molecular formula is C15H13N5O2S. The Morgan fingerprint density at radius 2 is 2.43 bits per heavy atom. The van der Waals surface area contributed by atoms with E-state index >= 15 is 0 Å². The van der Waals surface area contributed by atoms with Gasteiger partial charge < -0.3 is 5.32 Å². The zero-order valence-corrected chi connectivity index (χ0v) is 13.1. The highest BCUT2D eigenvalue weighted by Crippen LogP contribution is 2.24. The van der Waals surface area contributed by atoms with E-state index in [1.165, 1.54) is 17.4 Å². The van der Waals surface area contributed by atoms with E-state index in [2.05, 4.69) is 21.8 Å². The van der Waals surface area contributed by atoms with Gasteiger partial charge >= 0.3 is 0 Å². The zero-order valence-electron chi connectivity index (χ0n) is 12.2. The van der Waals surface area contributed by atoms with Crippen molar-refractivity contribution in [2.75, 3.05) is 6.54 Å². The van der Waals surface area contributed by atoms with E-state index < -0.39 is 0 Å². The Balaban J connectivity index is 1.78. The number of hydrogen-bond acceptors (Lipinski definition) is 7. The largest absolute Gasteiger partial charge is 0.343 e. The number of fused-ring (bicyclic) bond motifs is 1. The minimum atomic E-state index is -0.320. The third-order valence-corrected chi connectivity index (χ3v) is 4.57. The van der Waals surface area contributed by atoms with Gasteiger partial charge in [-0.25, -0.2) is 10.4 Å². The molecule has 2 aliphatic rings. The average molecular weight is 327 g/mol. The maximum Gasteiger partial charge on any atom is 0.270 e. The van der Waals surface area contributed by atoms with Crippen LogP contribution in [0.1, 0.15) is 22.7 Å². The molecule has 1 atom stereocenters. The molecule has 3 rings (SSSR count). The smallest absolute Gasteiger partial charge is 0.270 e. The number of aliphatic imine (C=N–C) groups is 1. The number of nitrogens with zero attached hydrogens (tertiary/aromatic N) is 3. The Kier molecular flexibility index (Phi) is 4.06. The Morgan fingerprint density at radius 1 is 1.61 bits per heavy atom. The molecule has 8 heteroatoms. The van der Waals surface area contributed by atoms with E-state index in [1.807, 2.05) is 13.0 Å². The van der Waals surface area contributed by atoms with Crippen LogP contribution in [-0.2, 0) is 9.59 Å². The molecule has 0 saturated heterocycles. The second-order valence-corrected chi connectivity index (χ2v) is 6.07. The Hall–Kier alpha value is -2.76. The molecule has 3 heterocycles. The van der Waals surface area contributed by atoms with Crippen LogP contribution in [0.5, 0.6) is 0 Å². The number of allylic oxidation sites excluding steroid dienone is 1. The van der Waals surface area contributed by atoms with Crippen LogP contribution in [0, 0.1) is 11.3 Å². The summed E-state index contributed by atoms with van der Waals surface area (Å²) >= 11 is 1.34. The fourth-order valence-corrected chi connectivity index (χ4v) is 3.10. The van der Waals surface area contributed by atoms with Crippen molar-refractivity contribution < 1.29 is 9.59 Å². The number of carbonyl (C=O) groups is 2. The van der Waals surface area contributed by atoms with Crippen molar-refractivity contribution >= 4 is 29.2 Å². The van der Waals surface area contributed by atoms with Gasteiger partial charge in [0.15, 0.2) is 6.29 Å². The molecule has 1 unspecified atom stereocenters. The maximum absolute atomic E-state index is 12.5. The second kappa shape index (κ2) is 6.16. The van der Waals surface area contributed by atoms with Gasteiger partial charge in [-0.2, -0.15) is 5.26 Å². The summed E-state index contributed by atoms with van der Waals surface area (Å²) < 4.78 is 0. The Labute approximate surface area is 136 Å². The molecule has 0 aromatic carbocycles. The van der Waals surface area contributed by atoms with Crippen LogP contribution in [0.4, 0.5) is 0 Å². The average Bonchev–Trinajstić information content (AvgIpc) is 3.22. The molecule has 2 aliphatic heterocycles. The number of rotatable bonds is 4. The van der Waals surface area contributed by atoms with Crippen molar-refractivity contribution in [3.8, 4) is 6.07 Å². The lowest BCUT2D eigenvalue weighted by molar-refractivity contribution is -0.119. The first-order valence-corrected chi connectivity index (χ1v) is 7.74. The molecule has 7 nitrogen and oxygen atoms in total. The predicted molar refractivity (Wildman–Crippen MR) is 85.1 cm³/mol. The van der Waals surface area contributed by atoms with Crippen LogP contribution in [-0.4, -0.2) is 29.5 Å². The van der Waals surface area contributed by atoms with Gasteiger partial charge in [-0.05, 0) is 31.2 Å². The number of nitriles is 1. The predicted octanol–water partition coefficient (Wildman–Crippen LogP) is 0.996. The van der Waals surface area contributed by atoms with Gasteiger partial charge in [-0.15, -0.1) is 11.3 Å². The highest BCUT2D eigenvalue weighted by Gasteiger charge is 2.28. The molecule has 0 aliphatic carbocycles. The van der Waals surface area contributed by atoms with E-state index in [4.69, 9.17) is 5.26 Å². The van der Waals surface area contributed by atoms with Crippen LogP contribution < -0.4 is 10.7 Å². The standard InChI is InChI=1S/C15H13N5O2S/c1-9(13-3-2-11(7-16)23-13)18-15(22)12-6-10(8-21)19-14-4-5-17-20(12)14/h2-4,6,8-9,17H,5H2,1H3,(H,18,22). The lowest BCUT2D eigenvalue weighted by Gasteiger charge is -2.26. The molecule has 0 spiro atoms. The van der Waals surface area contributed by atoms with Crippen molar-refractivity contribution in [3.63, 3.8) is 0 Å². The molecular weight excluding hydrogens is 314 g/mol. The molecule has 0 bridgehead atoms. The third-order valence-electron chi connectivity index (χ3n) is 3.40. The minimum Gasteiger partial charge on any atom is -0.343 e. The number of carbonyl (C=O) groups excluding carboxylic acids is 2. The normalized spacial score (nSPS) is 17.4. The lowest BCUT2D eigenvalue weighted by Crippen LogP contribution is -2.41. The topological polar surface area (TPSA) is 97.6 Å². The molecule has 2 N–H and O–H groups in total. The lowest BCUT2D eigenvalue weighted by atomic mass is 10.2. The summed E-state index contributed by atoms with van der Waals surface area (Å²) in [6.45, 7) is 2.39. The van der Waals surface area contributed by atoms with Crippen molar-refractivity contribution in [2.24, 2.45) is 4.99 Å². The summed E-state index contributed by atoms with van der Waals surface area (Å²) in [6.07, 6.45) is 3.86. The SMILES string of the molecule is CC(NC(=O)C1=CC(C=O)=NC2=CCNN21)c1ccc(C#N)s1. The van der Waals surface area contributed by atoms with Crippen LogP contribution in [0.15, 0.2) is 40.8 Å². The Bertz CT molecular complexity index is 799. The van der Waals surface area contributed by atoms with E-state index in [-0.39, 0.29) is 17.7 Å². The van der Waals surface area contributed by atoms with Crippen molar-refractivity contribution in [3.05, 3.63) is 45.6 Å². The van der Waals surface area contributed by atoms with Crippen molar-refractivity contribution in [1.82, 2.24) is 15.8 Å². The van der Waals surface area contributed by atoms with Gasteiger partial charge in [0.25, 0.3) is 5.91 Å². The van der Waals surface area contributed by atoms with E-state index in [1.54, 1.807) is 17.2 Å². The van der Waals surface area contributed by atoms with Crippen LogP contribution in [0.2, 0.25) is 0 Å². The third kappa shape index (κ3) is 2.92. The first kappa shape index (κ1) is 15.1. The molecule has 1 aromatic heterocycles. The molecule has 1 aromatic rings. The highest BCUT2D eigenvalue weighted by molar-refractivity contribution is 7.12. The number of amides is 1. The number of hydrazine groups is 1. The van der Waals surface area contributed by atoms with Gasteiger partial charge in [-0.1, -0.05) is 0 Å². The number of nitrogens with one attached hydrogen (secondary N) is 2.